The van der Waals surface area contributed by atoms with Gasteiger partial charge in [0.2, 0.25) is 5.91 Å². The smallest absolute Gasteiger partial charge is 0.220 e. The number of amides is 1. The van der Waals surface area contributed by atoms with Crippen molar-refractivity contribution >= 4 is 5.91 Å². The Morgan fingerprint density at radius 2 is 0.781 bits per heavy atom. The van der Waals surface area contributed by atoms with E-state index >= 15 is 0 Å². The fourth-order valence-corrected chi connectivity index (χ4v) is 9.46. The van der Waals surface area contributed by atoms with Gasteiger partial charge in [0.1, 0.15) is 24.4 Å². The van der Waals surface area contributed by atoms with Gasteiger partial charge in [-0.05, 0) is 12.8 Å². The second-order valence-corrected chi connectivity index (χ2v) is 20.1. The van der Waals surface area contributed by atoms with Gasteiger partial charge in [-0.2, -0.15) is 0 Å². The lowest BCUT2D eigenvalue weighted by atomic mass is 9.99. The summed E-state index contributed by atoms with van der Waals surface area (Å²) in [6.45, 7) is 3.77. The van der Waals surface area contributed by atoms with E-state index in [0.29, 0.717) is 12.8 Å². The molecule has 9 nitrogen and oxygen atoms in total. The summed E-state index contributed by atoms with van der Waals surface area (Å²) < 4.78 is 11.2. The fraction of sp³-hybridized carbons (Fsp3) is 0.982. The van der Waals surface area contributed by atoms with Gasteiger partial charge < -0.3 is 40.3 Å². The highest BCUT2D eigenvalue weighted by Crippen LogP contribution is 2.23. The Balaban J connectivity index is 1.92. The molecule has 1 fully saturated rings. The number of rotatable bonds is 49. The molecule has 9 heteroatoms. The SMILES string of the molecule is CCCCCCCCCCCCCCCCCCCCCCCCCCCCCCCCCCCCCCC(=O)NC(COC1OC(CO)C(O)C(O)C1O)C(O)CCCCCCC. The third-order valence-corrected chi connectivity index (χ3v) is 14.0. The van der Waals surface area contributed by atoms with E-state index in [2.05, 4.69) is 19.2 Å². The Labute approximate surface area is 395 Å². The van der Waals surface area contributed by atoms with Crippen LogP contribution in [0.4, 0.5) is 0 Å². The van der Waals surface area contributed by atoms with Crippen molar-refractivity contribution in [2.75, 3.05) is 13.2 Å². The summed E-state index contributed by atoms with van der Waals surface area (Å²) in [7, 11) is 0. The van der Waals surface area contributed by atoms with E-state index in [1.165, 1.54) is 212 Å². The van der Waals surface area contributed by atoms with Crippen LogP contribution in [0.2, 0.25) is 0 Å². The van der Waals surface area contributed by atoms with Gasteiger partial charge in [0.05, 0.1) is 25.4 Å². The molecule has 0 radical (unpaired) electrons. The predicted molar refractivity (Wildman–Crippen MR) is 268 cm³/mol. The number of nitrogens with one attached hydrogen (secondary N) is 1. The monoisotopic (exact) mass is 912 g/mol. The standard InChI is InChI=1S/C55H109NO8/c1-3-5-7-9-10-11-12-13-14-15-16-17-18-19-20-21-22-23-24-25-26-27-28-29-30-31-32-33-34-35-36-37-38-39-41-43-45-51(59)56-48(49(58)44-42-40-8-6-4-2)47-63-55-54(62)53(61)52(60)50(46-57)64-55/h48-50,52-55,57-58,60-62H,3-47H2,1-2H3,(H,56,59). The number of hydrogen-bond acceptors (Lipinski definition) is 8. The van der Waals surface area contributed by atoms with E-state index in [9.17, 15) is 30.3 Å². The maximum absolute atomic E-state index is 12.9. The number of aliphatic hydroxyl groups is 5. The zero-order chi connectivity index (χ0) is 46.6. The van der Waals surface area contributed by atoms with Gasteiger partial charge in [-0.3, -0.25) is 4.79 Å². The number of aliphatic hydroxyl groups excluding tert-OH is 5. The quantitative estimate of drug-likeness (QED) is 0.0331. The molecular weight excluding hydrogens is 803 g/mol. The molecule has 1 heterocycles. The average molecular weight is 912 g/mol. The molecule has 0 aromatic rings. The normalized spacial score (nSPS) is 19.9. The number of carbonyl (C=O) groups excluding carboxylic acids is 1. The van der Waals surface area contributed by atoms with Crippen LogP contribution in [0.1, 0.15) is 290 Å². The van der Waals surface area contributed by atoms with Crippen LogP contribution in [0, 0.1) is 0 Å². The Hall–Kier alpha value is -0.810. The molecule has 382 valence electrons. The Bertz CT molecular complexity index is 970. The summed E-state index contributed by atoms with van der Waals surface area (Å²) in [5, 5.41) is 54.0. The lowest BCUT2D eigenvalue weighted by molar-refractivity contribution is -0.302. The zero-order valence-electron chi connectivity index (χ0n) is 42.3. The Morgan fingerprint density at radius 3 is 1.11 bits per heavy atom. The first-order chi connectivity index (χ1) is 31.3. The third-order valence-electron chi connectivity index (χ3n) is 14.0. The van der Waals surface area contributed by atoms with E-state index in [0.717, 1.165) is 51.4 Å². The molecule has 1 rings (SSSR count). The van der Waals surface area contributed by atoms with Crippen molar-refractivity contribution in [3.05, 3.63) is 0 Å². The maximum Gasteiger partial charge on any atom is 0.220 e. The van der Waals surface area contributed by atoms with Gasteiger partial charge in [-0.1, -0.05) is 271 Å². The summed E-state index contributed by atoms with van der Waals surface area (Å²) in [6, 6.07) is -0.709. The first kappa shape index (κ1) is 61.2. The predicted octanol–water partition coefficient (Wildman–Crippen LogP) is 13.5. The second-order valence-electron chi connectivity index (χ2n) is 20.1. The molecule has 0 aromatic heterocycles. The summed E-state index contributed by atoms with van der Waals surface area (Å²) in [5.41, 5.74) is 0. The van der Waals surface area contributed by atoms with E-state index in [1.54, 1.807) is 0 Å². The van der Waals surface area contributed by atoms with Crippen molar-refractivity contribution in [3.63, 3.8) is 0 Å². The molecule has 7 atom stereocenters. The summed E-state index contributed by atoms with van der Waals surface area (Å²) in [6.07, 6.45) is 48.0. The van der Waals surface area contributed by atoms with Gasteiger partial charge in [0.15, 0.2) is 6.29 Å². The van der Waals surface area contributed by atoms with E-state index in [4.69, 9.17) is 9.47 Å². The van der Waals surface area contributed by atoms with E-state index in [-0.39, 0.29) is 12.5 Å². The van der Waals surface area contributed by atoms with Crippen molar-refractivity contribution in [1.82, 2.24) is 5.32 Å². The molecule has 1 amide bonds. The topological polar surface area (TPSA) is 149 Å². The highest BCUT2D eigenvalue weighted by Gasteiger charge is 2.44. The number of hydrogen-bond donors (Lipinski definition) is 6. The number of ether oxygens (including phenoxy) is 2. The molecule has 0 bridgehead atoms. The van der Waals surface area contributed by atoms with Crippen LogP contribution < -0.4 is 5.32 Å². The zero-order valence-corrected chi connectivity index (χ0v) is 42.3. The maximum atomic E-state index is 12.9. The number of carbonyl (C=O) groups is 1. The van der Waals surface area contributed by atoms with Crippen LogP contribution in [0.25, 0.3) is 0 Å². The molecular formula is C55H109NO8. The van der Waals surface area contributed by atoms with Crippen molar-refractivity contribution in [2.45, 2.75) is 333 Å². The van der Waals surface area contributed by atoms with Crippen LogP contribution in [0.5, 0.6) is 0 Å². The van der Waals surface area contributed by atoms with E-state index in [1.807, 2.05) is 0 Å². The number of unbranched alkanes of at least 4 members (excludes halogenated alkanes) is 39. The summed E-state index contributed by atoms with van der Waals surface area (Å²) >= 11 is 0. The van der Waals surface area contributed by atoms with Gasteiger partial charge in [0, 0.05) is 6.42 Å². The third kappa shape index (κ3) is 35.3. The van der Waals surface area contributed by atoms with Crippen LogP contribution in [0.3, 0.4) is 0 Å². The summed E-state index contributed by atoms with van der Waals surface area (Å²) in [4.78, 5) is 12.9. The van der Waals surface area contributed by atoms with Crippen LogP contribution >= 0.6 is 0 Å². The molecule has 1 aliphatic heterocycles. The van der Waals surface area contributed by atoms with Gasteiger partial charge in [-0.25, -0.2) is 0 Å². The molecule has 1 saturated heterocycles. The highest BCUT2D eigenvalue weighted by molar-refractivity contribution is 5.76. The van der Waals surface area contributed by atoms with Crippen LogP contribution in [-0.2, 0) is 14.3 Å². The van der Waals surface area contributed by atoms with Gasteiger partial charge in [-0.15, -0.1) is 0 Å². The molecule has 1 aliphatic rings. The van der Waals surface area contributed by atoms with Crippen LogP contribution in [-0.4, -0.2) is 87.5 Å². The molecule has 6 N–H and O–H groups in total. The molecule has 0 aromatic carbocycles. The Kier molecular flexibility index (Phi) is 43.9. The molecule has 64 heavy (non-hydrogen) atoms. The second kappa shape index (κ2) is 45.9. The van der Waals surface area contributed by atoms with Gasteiger partial charge >= 0.3 is 0 Å². The van der Waals surface area contributed by atoms with Crippen molar-refractivity contribution < 1.29 is 39.8 Å². The van der Waals surface area contributed by atoms with Gasteiger partial charge in [0.25, 0.3) is 0 Å². The molecule has 7 unspecified atom stereocenters. The largest absolute Gasteiger partial charge is 0.394 e. The van der Waals surface area contributed by atoms with Crippen LogP contribution in [0.15, 0.2) is 0 Å². The molecule has 0 aliphatic carbocycles. The fourth-order valence-electron chi connectivity index (χ4n) is 9.46. The lowest BCUT2D eigenvalue weighted by Gasteiger charge is -2.40. The van der Waals surface area contributed by atoms with Crippen molar-refractivity contribution in [1.29, 1.82) is 0 Å². The molecule has 0 spiro atoms. The van der Waals surface area contributed by atoms with E-state index < -0.39 is 49.5 Å². The minimum absolute atomic E-state index is 0.135. The minimum Gasteiger partial charge on any atom is -0.394 e. The molecule has 0 saturated carbocycles. The first-order valence-electron chi connectivity index (χ1n) is 28.2. The highest BCUT2D eigenvalue weighted by atomic mass is 16.7. The average Bonchev–Trinajstić information content (AvgIpc) is 3.29. The first-order valence-corrected chi connectivity index (χ1v) is 28.2. The summed E-state index contributed by atoms with van der Waals surface area (Å²) in [5.74, 6) is -0.145. The van der Waals surface area contributed by atoms with Crippen molar-refractivity contribution in [2.24, 2.45) is 0 Å². The minimum atomic E-state index is -1.55. The lowest BCUT2D eigenvalue weighted by Crippen LogP contribution is -2.60. The Morgan fingerprint density at radius 1 is 0.469 bits per heavy atom. The van der Waals surface area contributed by atoms with Crippen molar-refractivity contribution in [3.8, 4) is 0 Å².